The summed E-state index contributed by atoms with van der Waals surface area (Å²) in [5.74, 6) is -0.0856. The SMILES string of the molecule is C=Cc1ccc(C(=O)NCC[Si](OCCC)(OCCC)c2ccccc2)cc1. The van der Waals surface area contributed by atoms with Gasteiger partial charge in [-0.2, -0.15) is 0 Å². The summed E-state index contributed by atoms with van der Waals surface area (Å²) in [5.41, 5.74) is 1.63. The van der Waals surface area contributed by atoms with Gasteiger partial charge < -0.3 is 14.2 Å². The number of benzene rings is 2. The van der Waals surface area contributed by atoms with Crippen LogP contribution in [0.1, 0.15) is 42.6 Å². The van der Waals surface area contributed by atoms with Gasteiger partial charge in [0.1, 0.15) is 0 Å². The molecule has 5 heteroatoms. The standard InChI is InChI=1S/C23H31NO3Si/c1-4-17-26-28(27-18-5-2,22-10-8-7-9-11-22)19-16-24-23(25)21-14-12-20(6-3)13-15-21/h6-15H,3-5,16-19H2,1-2H3,(H,24,25). The zero-order valence-corrected chi connectivity index (χ0v) is 17.9. The minimum atomic E-state index is -2.62. The van der Waals surface area contributed by atoms with Crippen molar-refractivity contribution in [2.24, 2.45) is 0 Å². The van der Waals surface area contributed by atoms with E-state index in [2.05, 4.69) is 37.9 Å². The number of carbonyl (C=O) groups excluding carboxylic acids is 1. The monoisotopic (exact) mass is 397 g/mol. The third-order valence-electron chi connectivity index (χ3n) is 4.44. The highest BCUT2D eigenvalue weighted by atomic mass is 28.4. The maximum absolute atomic E-state index is 12.5. The van der Waals surface area contributed by atoms with Gasteiger partial charge >= 0.3 is 8.56 Å². The molecule has 4 nitrogen and oxygen atoms in total. The summed E-state index contributed by atoms with van der Waals surface area (Å²) in [6.07, 6.45) is 3.62. The van der Waals surface area contributed by atoms with E-state index in [-0.39, 0.29) is 5.91 Å². The predicted octanol–water partition coefficient (Wildman–Crippen LogP) is 4.26. The Morgan fingerprint density at radius 3 is 2.14 bits per heavy atom. The van der Waals surface area contributed by atoms with Crippen molar-refractivity contribution in [2.45, 2.75) is 32.7 Å². The lowest BCUT2D eigenvalue weighted by Crippen LogP contribution is -2.55. The van der Waals surface area contributed by atoms with E-state index >= 15 is 0 Å². The van der Waals surface area contributed by atoms with Gasteiger partial charge in [-0.15, -0.1) is 0 Å². The maximum Gasteiger partial charge on any atom is 0.374 e. The Labute approximate surface area is 169 Å². The lowest BCUT2D eigenvalue weighted by molar-refractivity contribution is 0.0954. The molecular formula is C23H31NO3Si. The summed E-state index contributed by atoms with van der Waals surface area (Å²) in [5, 5.41) is 4.14. The number of rotatable bonds is 12. The molecule has 1 amide bonds. The first-order valence-electron chi connectivity index (χ1n) is 9.99. The molecule has 0 saturated carbocycles. The molecule has 0 saturated heterocycles. The molecule has 0 fully saturated rings. The van der Waals surface area contributed by atoms with Crippen molar-refractivity contribution in [1.82, 2.24) is 5.32 Å². The average Bonchev–Trinajstić information content (AvgIpc) is 2.76. The van der Waals surface area contributed by atoms with E-state index in [0.717, 1.165) is 23.6 Å². The van der Waals surface area contributed by atoms with Crippen LogP contribution in [0, 0.1) is 0 Å². The zero-order chi connectivity index (χ0) is 20.2. The van der Waals surface area contributed by atoms with Crippen LogP contribution in [-0.4, -0.2) is 34.2 Å². The predicted molar refractivity (Wildman–Crippen MR) is 118 cm³/mol. The minimum absolute atomic E-state index is 0.0856. The first-order chi connectivity index (χ1) is 13.6. The van der Waals surface area contributed by atoms with Crippen molar-refractivity contribution in [3.63, 3.8) is 0 Å². The molecule has 0 radical (unpaired) electrons. The highest BCUT2D eigenvalue weighted by molar-refractivity contribution is 6.81. The average molecular weight is 398 g/mol. The Hall–Kier alpha value is -2.21. The van der Waals surface area contributed by atoms with Gasteiger partial charge in [0.25, 0.3) is 5.91 Å². The fourth-order valence-corrected chi connectivity index (χ4v) is 6.15. The smallest absolute Gasteiger partial charge is 0.374 e. The molecule has 0 bridgehead atoms. The quantitative estimate of drug-likeness (QED) is 0.544. The Morgan fingerprint density at radius 2 is 1.61 bits per heavy atom. The fourth-order valence-electron chi connectivity index (χ4n) is 2.94. The van der Waals surface area contributed by atoms with Crippen LogP contribution >= 0.6 is 0 Å². The van der Waals surface area contributed by atoms with Crippen LogP contribution in [0.15, 0.2) is 61.2 Å². The van der Waals surface area contributed by atoms with Gasteiger partial charge in [-0.05, 0) is 35.7 Å². The van der Waals surface area contributed by atoms with Crippen molar-refractivity contribution in [3.8, 4) is 0 Å². The van der Waals surface area contributed by atoms with Crippen LogP contribution in [0.5, 0.6) is 0 Å². The van der Waals surface area contributed by atoms with Gasteiger partial charge in [0, 0.05) is 31.4 Å². The minimum Gasteiger partial charge on any atom is -0.391 e. The molecule has 0 aliphatic rings. The van der Waals surface area contributed by atoms with Crippen LogP contribution in [0.3, 0.4) is 0 Å². The van der Waals surface area contributed by atoms with Gasteiger partial charge in [-0.1, -0.05) is 69.0 Å². The lowest BCUT2D eigenvalue weighted by atomic mass is 10.1. The second kappa shape index (κ2) is 11.6. The topological polar surface area (TPSA) is 47.6 Å². The Bertz CT molecular complexity index is 723. The summed E-state index contributed by atoms with van der Waals surface area (Å²) >= 11 is 0. The molecule has 2 aromatic carbocycles. The summed E-state index contributed by atoms with van der Waals surface area (Å²) in [6, 6.07) is 18.3. The molecule has 2 aromatic rings. The Kier molecular flexibility index (Phi) is 9.14. The van der Waals surface area contributed by atoms with Crippen molar-refractivity contribution < 1.29 is 13.6 Å². The molecular weight excluding hydrogens is 366 g/mol. The van der Waals surface area contributed by atoms with Crippen LogP contribution in [0.4, 0.5) is 0 Å². The largest absolute Gasteiger partial charge is 0.391 e. The van der Waals surface area contributed by atoms with Crippen LogP contribution < -0.4 is 10.5 Å². The van der Waals surface area contributed by atoms with Crippen LogP contribution in [-0.2, 0) is 8.85 Å². The number of hydrogen-bond acceptors (Lipinski definition) is 3. The molecule has 0 aliphatic carbocycles. The normalized spacial score (nSPS) is 11.2. The summed E-state index contributed by atoms with van der Waals surface area (Å²) < 4.78 is 12.7. The second-order valence-electron chi connectivity index (χ2n) is 6.65. The van der Waals surface area contributed by atoms with Gasteiger partial charge in [-0.25, -0.2) is 0 Å². The molecule has 0 aromatic heterocycles. The maximum atomic E-state index is 12.5. The van der Waals surface area contributed by atoms with Crippen molar-refractivity contribution in [3.05, 3.63) is 72.3 Å². The van der Waals surface area contributed by atoms with E-state index < -0.39 is 8.56 Å². The molecule has 1 N–H and O–H groups in total. The first kappa shape index (κ1) is 22.1. The molecule has 0 atom stereocenters. The summed E-state index contributed by atoms with van der Waals surface area (Å²) in [4.78, 5) is 12.5. The van der Waals surface area contributed by atoms with E-state index in [1.54, 1.807) is 6.08 Å². The van der Waals surface area contributed by atoms with Gasteiger partial charge in [0.2, 0.25) is 0 Å². The first-order valence-corrected chi connectivity index (χ1v) is 12.0. The van der Waals surface area contributed by atoms with Crippen LogP contribution in [0.25, 0.3) is 6.08 Å². The van der Waals surface area contributed by atoms with Crippen molar-refractivity contribution in [2.75, 3.05) is 19.8 Å². The Morgan fingerprint density at radius 1 is 1.00 bits per heavy atom. The van der Waals surface area contributed by atoms with E-state index in [4.69, 9.17) is 8.85 Å². The van der Waals surface area contributed by atoms with E-state index in [9.17, 15) is 4.79 Å². The van der Waals surface area contributed by atoms with E-state index in [1.165, 1.54) is 0 Å². The van der Waals surface area contributed by atoms with Gasteiger partial charge in [0.15, 0.2) is 0 Å². The van der Waals surface area contributed by atoms with Gasteiger partial charge in [0.05, 0.1) is 0 Å². The third kappa shape index (κ3) is 6.16. The molecule has 0 unspecified atom stereocenters. The number of amides is 1. The molecule has 2 rings (SSSR count). The summed E-state index contributed by atoms with van der Waals surface area (Å²) in [7, 11) is -2.62. The highest BCUT2D eigenvalue weighted by Crippen LogP contribution is 2.16. The van der Waals surface area contributed by atoms with E-state index in [0.29, 0.717) is 31.4 Å². The number of nitrogens with one attached hydrogen (secondary N) is 1. The molecule has 0 spiro atoms. The van der Waals surface area contributed by atoms with Crippen molar-refractivity contribution in [1.29, 1.82) is 0 Å². The second-order valence-corrected chi connectivity index (χ2v) is 9.81. The van der Waals surface area contributed by atoms with Crippen molar-refractivity contribution >= 4 is 25.7 Å². The molecule has 28 heavy (non-hydrogen) atoms. The molecule has 0 aliphatic heterocycles. The van der Waals surface area contributed by atoms with Crippen LogP contribution in [0.2, 0.25) is 6.04 Å². The third-order valence-corrected chi connectivity index (χ3v) is 7.90. The molecule has 0 heterocycles. The zero-order valence-electron chi connectivity index (χ0n) is 16.9. The van der Waals surface area contributed by atoms with Gasteiger partial charge in [-0.3, -0.25) is 4.79 Å². The molecule has 150 valence electrons. The number of hydrogen-bond donors (Lipinski definition) is 1. The summed E-state index contributed by atoms with van der Waals surface area (Å²) in [6.45, 7) is 9.75. The fraction of sp³-hybridized carbons (Fsp3) is 0.348. The number of carbonyl (C=O) groups is 1. The highest BCUT2D eigenvalue weighted by Gasteiger charge is 2.39. The lowest BCUT2D eigenvalue weighted by Gasteiger charge is -2.31. The van der Waals surface area contributed by atoms with E-state index in [1.807, 2.05) is 42.5 Å². The Balaban J connectivity index is 2.09.